The van der Waals surface area contributed by atoms with Gasteiger partial charge in [-0.2, -0.15) is 0 Å². The Balaban J connectivity index is 1.90. The fourth-order valence-corrected chi connectivity index (χ4v) is 2.51. The Kier molecular flexibility index (Phi) is 4.13. The van der Waals surface area contributed by atoms with E-state index in [4.69, 9.17) is 0 Å². The molecule has 0 spiro atoms. The van der Waals surface area contributed by atoms with Crippen molar-refractivity contribution in [1.82, 2.24) is 15.4 Å². The second-order valence-electron chi connectivity index (χ2n) is 5.20. The molecule has 1 aromatic heterocycles. The number of nitrogens with one attached hydrogen (secondary N) is 1. The molecule has 3 heteroatoms. The Labute approximate surface area is 104 Å². The zero-order valence-corrected chi connectivity index (χ0v) is 11.1. The van der Waals surface area contributed by atoms with Gasteiger partial charge in [0.15, 0.2) is 0 Å². The molecule has 2 rings (SSSR count). The molecule has 0 amide bonds. The lowest BCUT2D eigenvalue weighted by molar-refractivity contribution is 0.0431. The van der Waals surface area contributed by atoms with Gasteiger partial charge in [0.1, 0.15) is 0 Å². The summed E-state index contributed by atoms with van der Waals surface area (Å²) in [5.41, 5.74) is 5.86. The van der Waals surface area contributed by atoms with Gasteiger partial charge in [-0.1, -0.05) is 12.5 Å². The van der Waals surface area contributed by atoms with E-state index in [-0.39, 0.29) is 0 Å². The second-order valence-corrected chi connectivity index (χ2v) is 5.20. The molecule has 0 saturated carbocycles. The number of rotatable bonds is 3. The van der Waals surface area contributed by atoms with Gasteiger partial charge in [-0.15, -0.1) is 0 Å². The molecule has 2 atom stereocenters. The highest BCUT2D eigenvalue weighted by Gasteiger charge is 2.24. The Morgan fingerprint density at radius 3 is 2.59 bits per heavy atom. The number of nitrogens with zero attached hydrogens (tertiary/aromatic N) is 2. The second kappa shape index (κ2) is 5.61. The first-order valence-electron chi connectivity index (χ1n) is 6.60. The number of hydrogen-bond acceptors (Lipinski definition) is 3. The van der Waals surface area contributed by atoms with Crippen LogP contribution < -0.4 is 5.43 Å². The zero-order chi connectivity index (χ0) is 12.3. The summed E-state index contributed by atoms with van der Waals surface area (Å²) in [5, 5.41) is 2.39. The summed E-state index contributed by atoms with van der Waals surface area (Å²) in [4.78, 5) is 4.42. The van der Waals surface area contributed by atoms with E-state index in [9.17, 15) is 0 Å². The zero-order valence-electron chi connectivity index (χ0n) is 11.1. The molecule has 0 radical (unpaired) electrons. The van der Waals surface area contributed by atoms with Crippen LogP contribution in [0.5, 0.6) is 0 Å². The lowest BCUT2D eigenvalue weighted by Crippen LogP contribution is -2.51. The molecule has 1 N–H and O–H groups in total. The van der Waals surface area contributed by atoms with Gasteiger partial charge in [-0.3, -0.25) is 4.98 Å². The molecule has 94 valence electrons. The summed E-state index contributed by atoms with van der Waals surface area (Å²) in [5.74, 6) is 0. The van der Waals surface area contributed by atoms with Crippen LogP contribution in [-0.2, 0) is 6.54 Å². The van der Waals surface area contributed by atoms with Crippen LogP contribution in [0.25, 0.3) is 0 Å². The molecule has 0 aliphatic carbocycles. The summed E-state index contributed by atoms with van der Waals surface area (Å²) in [6, 6.07) is 5.47. The van der Waals surface area contributed by atoms with E-state index >= 15 is 0 Å². The third-order valence-electron chi connectivity index (χ3n) is 3.61. The summed E-state index contributed by atoms with van der Waals surface area (Å²) < 4.78 is 0. The molecule has 0 bridgehead atoms. The van der Waals surface area contributed by atoms with Crippen molar-refractivity contribution >= 4 is 0 Å². The normalized spacial score (nSPS) is 26.1. The van der Waals surface area contributed by atoms with Gasteiger partial charge in [0.2, 0.25) is 0 Å². The first-order chi connectivity index (χ1) is 8.16. The highest BCUT2D eigenvalue weighted by atomic mass is 15.5. The summed E-state index contributed by atoms with van der Waals surface area (Å²) in [7, 11) is 0. The average molecular weight is 233 g/mol. The SMILES string of the molecule is Cc1ccc(CNN2C(C)CCCC2C)nc1. The molecule has 1 aliphatic rings. The third-order valence-corrected chi connectivity index (χ3v) is 3.61. The molecule has 1 aliphatic heterocycles. The maximum atomic E-state index is 4.42. The van der Waals surface area contributed by atoms with Gasteiger partial charge in [0, 0.05) is 18.3 Å². The third kappa shape index (κ3) is 3.27. The van der Waals surface area contributed by atoms with Gasteiger partial charge in [0.25, 0.3) is 0 Å². The lowest BCUT2D eigenvalue weighted by Gasteiger charge is -2.39. The van der Waals surface area contributed by atoms with Crippen molar-refractivity contribution in [1.29, 1.82) is 0 Å². The monoisotopic (exact) mass is 233 g/mol. The van der Waals surface area contributed by atoms with Crippen molar-refractivity contribution in [2.75, 3.05) is 0 Å². The van der Waals surface area contributed by atoms with E-state index in [2.05, 4.69) is 48.3 Å². The molecular weight excluding hydrogens is 210 g/mol. The fourth-order valence-electron chi connectivity index (χ4n) is 2.51. The maximum Gasteiger partial charge on any atom is 0.0556 e. The van der Waals surface area contributed by atoms with Crippen molar-refractivity contribution in [3.63, 3.8) is 0 Å². The maximum absolute atomic E-state index is 4.42. The minimum atomic E-state index is 0.629. The van der Waals surface area contributed by atoms with Crippen molar-refractivity contribution in [2.24, 2.45) is 0 Å². The molecule has 2 heterocycles. The number of hydrogen-bond donors (Lipinski definition) is 1. The van der Waals surface area contributed by atoms with E-state index in [0.29, 0.717) is 12.1 Å². The molecular formula is C14H23N3. The van der Waals surface area contributed by atoms with Gasteiger partial charge >= 0.3 is 0 Å². The predicted octanol–water partition coefficient (Wildman–Crippen LogP) is 2.66. The van der Waals surface area contributed by atoms with Crippen molar-refractivity contribution in [2.45, 2.75) is 58.7 Å². The van der Waals surface area contributed by atoms with E-state index < -0.39 is 0 Å². The van der Waals surface area contributed by atoms with Gasteiger partial charge < -0.3 is 0 Å². The van der Waals surface area contributed by atoms with Crippen molar-refractivity contribution < 1.29 is 0 Å². The predicted molar refractivity (Wildman–Crippen MR) is 70.4 cm³/mol. The molecule has 1 fully saturated rings. The van der Waals surface area contributed by atoms with Gasteiger partial charge in [0.05, 0.1) is 12.2 Å². The van der Waals surface area contributed by atoms with E-state index in [0.717, 1.165) is 12.2 Å². The van der Waals surface area contributed by atoms with Crippen LogP contribution in [0.4, 0.5) is 0 Å². The van der Waals surface area contributed by atoms with Crippen LogP contribution in [0.2, 0.25) is 0 Å². The lowest BCUT2D eigenvalue weighted by atomic mass is 10.00. The highest BCUT2D eigenvalue weighted by molar-refractivity contribution is 5.11. The highest BCUT2D eigenvalue weighted by Crippen LogP contribution is 2.20. The minimum Gasteiger partial charge on any atom is -0.260 e. The molecule has 1 aromatic rings. The van der Waals surface area contributed by atoms with Crippen LogP contribution in [0, 0.1) is 6.92 Å². The van der Waals surface area contributed by atoms with E-state index in [1.165, 1.54) is 24.8 Å². The quantitative estimate of drug-likeness (QED) is 0.870. The van der Waals surface area contributed by atoms with Gasteiger partial charge in [-0.05, 0) is 45.2 Å². The van der Waals surface area contributed by atoms with Crippen LogP contribution in [-0.4, -0.2) is 22.1 Å². The number of aryl methyl sites for hydroxylation is 1. The number of aromatic nitrogens is 1. The van der Waals surface area contributed by atoms with Crippen LogP contribution >= 0.6 is 0 Å². The van der Waals surface area contributed by atoms with E-state index in [1.54, 1.807) is 0 Å². The molecule has 2 unspecified atom stereocenters. The molecule has 1 saturated heterocycles. The largest absolute Gasteiger partial charge is 0.260 e. The Morgan fingerprint density at radius 2 is 2.00 bits per heavy atom. The van der Waals surface area contributed by atoms with Crippen LogP contribution in [0.15, 0.2) is 18.3 Å². The van der Waals surface area contributed by atoms with E-state index in [1.807, 2.05) is 6.20 Å². The van der Waals surface area contributed by atoms with Crippen molar-refractivity contribution in [3.05, 3.63) is 29.6 Å². The molecule has 0 aromatic carbocycles. The number of pyridine rings is 1. The first-order valence-corrected chi connectivity index (χ1v) is 6.60. The molecule has 17 heavy (non-hydrogen) atoms. The smallest absolute Gasteiger partial charge is 0.0556 e. The minimum absolute atomic E-state index is 0.629. The first kappa shape index (κ1) is 12.5. The summed E-state index contributed by atoms with van der Waals surface area (Å²) >= 11 is 0. The molecule has 3 nitrogen and oxygen atoms in total. The number of piperidine rings is 1. The Bertz CT molecular complexity index is 337. The number of hydrazine groups is 1. The fraction of sp³-hybridized carbons (Fsp3) is 0.643. The Hall–Kier alpha value is -0.930. The summed E-state index contributed by atoms with van der Waals surface area (Å²) in [6.07, 6.45) is 5.86. The summed E-state index contributed by atoms with van der Waals surface area (Å²) in [6.45, 7) is 7.49. The van der Waals surface area contributed by atoms with Gasteiger partial charge in [-0.25, -0.2) is 10.4 Å². The van der Waals surface area contributed by atoms with Crippen molar-refractivity contribution in [3.8, 4) is 0 Å². The topological polar surface area (TPSA) is 28.2 Å². The Morgan fingerprint density at radius 1 is 1.29 bits per heavy atom. The van der Waals surface area contributed by atoms with Crippen LogP contribution in [0.1, 0.15) is 44.4 Å². The van der Waals surface area contributed by atoms with Crippen LogP contribution in [0.3, 0.4) is 0 Å². The standard InChI is InChI=1S/C14H23N3/c1-11-7-8-14(15-9-11)10-16-17-12(2)5-4-6-13(17)3/h7-9,12-13,16H,4-6,10H2,1-3H3. The average Bonchev–Trinajstić information content (AvgIpc) is 2.31.